The third-order valence-corrected chi connectivity index (χ3v) is 5.68. The smallest absolute Gasteiger partial charge is 0.248 e. The third kappa shape index (κ3) is 4.67. The highest BCUT2D eigenvalue weighted by atomic mass is 16.5. The predicted molar refractivity (Wildman–Crippen MR) is 97.1 cm³/mol. The number of likely N-dealkylation sites (tertiary alicyclic amines) is 1. The van der Waals surface area contributed by atoms with E-state index in [-0.39, 0.29) is 24.2 Å². The van der Waals surface area contributed by atoms with Crippen LogP contribution in [0, 0.1) is 0 Å². The van der Waals surface area contributed by atoms with E-state index in [4.69, 9.17) is 14.0 Å². The highest BCUT2D eigenvalue weighted by molar-refractivity contribution is 5.77. The molecular weight excluding hydrogens is 348 g/mol. The maximum Gasteiger partial charge on any atom is 0.248 e. The van der Waals surface area contributed by atoms with Gasteiger partial charge in [-0.25, -0.2) is 0 Å². The molecule has 1 saturated carbocycles. The number of rotatable bonds is 6. The number of carbonyl (C=O) groups is 1. The van der Waals surface area contributed by atoms with Crippen LogP contribution in [-0.4, -0.2) is 76.9 Å². The van der Waals surface area contributed by atoms with Gasteiger partial charge in [-0.1, -0.05) is 5.16 Å². The lowest BCUT2D eigenvalue weighted by molar-refractivity contribution is -0.164. The quantitative estimate of drug-likeness (QED) is 0.743. The minimum atomic E-state index is -0.224. The Morgan fingerprint density at radius 2 is 2.07 bits per heavy atom. The highest BCUT2D eigenvalue weighted by Crippen LogP contribution is 2.39. The summed E-state index contributed by atoms with van der Waals surface area (Å²) in [7, 11) is 0. The van der Waals surface area contributed by atoms with Gasteiger partial charge in [-0.2, -0.15) is 4.98 Å². The zero-order valence-electron chi connectivity index (χ0n) is 16.4. The van der Waals surface area contributed by atoms with Crippen molar-refractivity contribution in [1.29, 1.82) is 0 Å². The van der Waals surface area contributed by atoms with Gasteiger partial charge in [0.2, 0.25) is 11.8 Å². The Morgan fingerprint density at radius 1 is 1.30 bits per heavy atom. The van der Waals surface area contributed by atoms with E-state index in [1.807, 2.05) is 18.7 Å². The van der Waals surface area contributed by atoms with Gasteiger partial charge in [0.25, 0.3) is 0 Å². The Bertz CT molecular complexity index is 650. The Kier molecular flexibility index (Phi) is 5.48. The van der Waals surface area contributed by atoms with Gasteiger partial charge in [0.1, 0.15) is 6.61 Å². The highest BCUT2D eigenvalue weighted by Gasteiger charge is 2.41. The first-order valence-electron chi connectivity index (χ1n) is 10.1. The number of carbonyl (C=O) groups excluding carboxylic acids is 1. The van der Waals surface area contributed by atoms with Gasteiger partial charge < -0.3 is 18.9 Å². The molecule has 1 aromatic rings. The molecule has 27 heavy (non-hydrogen) atoms. The lowest BCUT2D eigenvalue weighted by Gasteiger charge is -2.47. The molecule has 0 atom stereocenters. The average molecular weight is 378 g/mol. The van der Waals surface area contributed by atoms with Crippen molar-refractivity contribution in [3.8, 4) is 0 Å². The number of morpholine rings is 1. The largest absolute Gasteiger partial charge is 0.371 e. The summed E-state index contributed by atoms with van der Waals surface area (Å²) in [5.41, 5.74) is -0.224. The van der Waals surface area contributed by atoms with Gasteiger partial charge in [0, 0.05) is 32.1 Å². The molecule has 1 amide bonds. The van der Waals surface area contributed by atoms with Gasteiger partial charge in [0.15, 0.2) is 5.82 Å². The molecule has 1 spiro atoms. The molecular formula is C19H30N4O4. The molecule has 2 saturated heterocycles. The van der Waals surface area contributed by atoms with Gasteiger partial charge in [-0.15, -0.1) is 0 Å². The van der Waals surface area contributed by atoms with Crippen LogP contribution in [0.4, 0.5) is 0 Å². The van der Waals surface area contributed by atoms with Gasteiger partial charge in [-0.3, -0.25) is 9.69 Å². The molecule has 2 aliphatic heterocycles. The summed E-state index contributed by atoms with van der Waals surface area (Å²) in [6, 6.07) is 0. The molecule has 3 fully saturated rings. The lowest BCUT2D eigenvalue weighted by atomic mass is 9.89. The average Bonchev–Trinajstić information content (AvgIpc) is 3.41. The molecule has 0 unspecified atom stereocenters. The predicted octanol–water partition coefficient (Wildman–Crippen LogP) is 1.57. The molecule has 0 radical (unpaired) electrons. The second-order valence-corrected chi connectivity index (χ2v) is 8.31. The van der Waals surface area contributed by atoms with Crippen LogP contribution in [0.1, 0.15) is 57.2 Å². The van der Waals surface area contributed by atoms with Crippen LogP contribution in [0.3, 0.4) is 0 Å². The second kappa shape index (κ2) is 7.85. The van der Waals surface area contributed by atoms with Gasteiger partial charge in [0.05, 0.1) is 24.9 Å². The molecule has 0 aromatic carbocycles. The fraction of sp³-hybridized carbons (Fsp3) is 0.842. The zero-order chi connectivity index (χ0) is 18.9. The van der Waals surface area contributed by atoms with Crippen LogP contribution in [0.15, 0.2) is 4.52 Å². The summed E-state index contributed by atoms with van der Waals surface area (Å²) in [4.78, 5) is 21.2. The number of aromatic nitrogens is 2. The van der Waals surface area contributed by atoms with Crippen molar-refractivity contribution in [2.24, 2.45) is 0 Å². The zero-order valence-corrected chi connectivity index (χ0v) is 16.4. The topological polar surface area (TPSA) is 80.9 Å². The van der Waals surface area contributed by atoms with Crippen molar-refractivity contribution < 1.29 is 18.8 Å². The minimum Gasteiger partial charge on any atom is -0.371 e. The minimum absolute atomic E-state index is 0.0632. The molecule has 1 aliphatic carbocycles. The van der Waals surface area contributed by atoms with E-state index >= 15 is 0 Å². The third-order valence-electron chi connectivity index (χ3n) is 5.68. The Hall–Kier alpha value is -1.51. The Balaban J connectivity index is 1.27. The van der Waals surface area contributed by atoms with Crippen LogP contribution < -0.4 is 0 Å². The first-order chi connectivity index (χ1) is 13.0. The van der Waals surface area contributed by atoms with Crippen molar-refractivity contribution in [3.05, 3.63) is 11.7 Å². The first-order valence-corrected chi connectivity index (χ1v) is 10.1. The SMILES string of the molecule is CC(C)OCC(=O)N1CCOC2(CCN(Cc3noc(C4CC4)n3)CC2)C1. The van der Waals surface area contributed by atoms with Crippen LogP contribution >= 0.6 is 0 Å². The number of ether oxygens (including phenoxy) is 2. The second-order valence-electron chi connectivity index (χ2n) is 8.31. The summed E-state index contributed by atoms with van der Waals surface area (Å²) >= 11 is 0. The van der Waals surface area contributed by atoms with Crippen molar-refractivity contribution in [3.63, 3.8) is 0 Å². The van der Waals surface area contributed by atoms with E-state index in [0.29, 0.717) is 25.6 Å². The van der Waals surface area contributed by atoms with E-state index in [1.165, 1.54) is 12.8 Å². The molecule has 150 valence electrons. The van der Waals surface area contributed by atoms with Crippen LogP contribution in [0.5, 0.6) is 0 Å². The van der Waals surface area contributed by atoms with Crippen molar-refractivity contribution >= 4 is 5.91 Å². The lowest BCUT2D eigenvalue weighted by Crippen LogP contribution is -2.58. The molecule has 4 rings (SSSR count). The molecule has 1 aromatic heterocycles. The number of hydrogen-bond acceptors (Lipinski definition) is 7. The summed E-state index contributed by atoms with van der Waals surface area (Å²) in [5, 5.41) is 4.12. The summed E-state index contributed by atoms with van der Waals surface area (Å²) in [5.74, 6) is 2.13. The van der Waals surface area contributed by atoms with Crippen molar-refractivity contribution in [2.45, 2.75) is 63.7 Å². The molecule has 0 bridgehead atoms. The summed E-state index contributed by atoms with van der Waals surface area (Å²) in [6.45, 7) is 8.51. The van der Waals surface area contributed by atoms with Gasteiger partial charge in [-0.05, 0) is 39.5 Å². The fourth-order valence-corrected chi connectivity index (χ4v) is 3.84. The Morgan fingerprint density at radius 3 is 2.78 bits per heavy atom. The van der Waals surface area contributed by atoms with E-state index < -0.39 is 0 Å². The summed E-state index contributed by atoms with van der Waals surface area (Å²) < 4.78 is 17.0. The molecule has 3 aliphatic rings. The molecule has 3 heterocycles. The normalized spacial score (nSPS) is 23.3. The fourth-order valence-electron chi connectivity index (χ4n) is 3.84. The Labute approximate surface area is 160 Å². The molecule has 8 nitrogen and oxygen atoms in total. The molecule has 0 N–H and O–H groups in total. The van der Waals surface area contributed by atoms with E-state index in [2.05, 4.69) is 15.0 Å². The van der Waals surface area contributed by atoms with Crippen molar-refractivity contribution in [1.82, 2.24) is 19.9 Å². The van der Waals surface area contributed by atoms with Crippen LogP contribution in [0.25, 0.3) is 0 Å². The standard InChI is InChI=1S/C19H30N4O4/c1-14(2)25-12-17(24)23-9-10-26-19(13-23)5-7-22(8-6-19)11-16-20-18(27-21-16)15-3-4-15/h14-15H,3-13H2,1-2H3. The van der Waals surface area contributed by atoms with Crippen LogP contribution in [0.2, 0.25) is 0 Å². The van der Waals surface area contributed by atoms with E-state index in [0.717, 1.165) is 44.2 Å². The monoisotopic (exact) mass is 378 g/mol. The van der Waals surface area contributed by atoms with Crippen LogP contribution in [-0.2, 0) is 20.8 Å². The first kappa shape index (κ1) is 18.8. The van der Waals surface area contributed by atoms with Gasteiger partial charge >= 0.3 is 0 Å². The van der Waals surface area contributed by atoms with E-state index in [1.54, 1.807) is 0 Å². The number of hydrogen-bond donors (Lipinski definition) is 0. The summed E-state index contributed by atoms with van der Waals surface area (Å²) in [6.07, 6.45) is 4.23. The maximum absolute atomic E-state index is 12.4. The maximum atomic E-state index is 12.4. The van der Waals surface area contributed by atoms with Crippen molar-refractivity contribution in [2.75, 3.05) is 39.4 Å². The number of piperidine rings is 1. The molecule has 8 heteroatoms. The number of amides is 1. The number of nitrogens with zero attached hydrogens (tertiary/aromatic N) is 4. The van der Waals surface area contributed by atoms with E-state index in [9.17, 15) is 4.79 Å².